The third kappa shape index (κ3) is 3.78. The van der Waals surface area contributed by atoms with Crippen molar-refractivity contribution in [2.24, 2.45) is 5.73 Å². The summed E-state index contributed by atoms with van der Waals surface area (Å²) in [4.78, 5) is 0. The van der Waals surface area contributed by atoms with Gasteiger partial charge in [0.15, 0.2) is 0 Å². The first-order valence-electron chi connectivity index (χ1n) is 5.64. The molecule has 0 aromatic heterocycles. The summed E-state index contributed by atoms with van der Waals surface area (Å²) in [7, 11) is 0. The van der Waals surface area contributed by atoms with E-state index in [4.69, 9.17) is 10.5 Å². The average Bonchev–Trinajstić information content (AvgIpc) is 2.30. The lowest BCUT2D eigenvalue weighted by molar-refractivity contribution is 0.473. The minimum Gasteiger partial charge on any atom is -0.456 e. The Balaban J connectivity index is 2.28. The number of ether oxygens (including phenoxy) is 1. The van der Waals surface area contributed by atoms with Crippen molar-refractivity contribution in [3.63, 3.8) is 0 Å². The highest BCUT2D eigenvalue weighted by Crippen LogP contribution is 2.33. The van der Waals surface area contributed by atoms with E-state index in [2.05, 4.69) is 31.9 Å². The standard InChI is InChI=1S/C14H12Br2FNO/c1-8(18)9-2-3-14(13(16)4-9)19-12-6-10(15)5-11(17)7-12/h2-8H,18H2,1H3. The Bertz CT molecular complexity index is 582. The van der Waals surface area contributed by atoms with Crippen LogP contribution < -0.4 is 10.5 Å². The average molecular weight is 389 g/mol. The summed E-state index contributed by atoms with van der Waals surface area (Å²) in [6.45, 7) is 1.91. The first-order valence-corrected chi connectivity index (χ1v) is 7.23. The number of rotatable bonds is 3. The van der Waals surface area contributed by atoms with Crippen LogP contribution in [0, 0.1) is 5.82 Å². The van der Waals surface area contributed by atoms with E-state index in [9.17, 15) is 4.39 Å². The third-order valence-corrected chi connectivity index (χ3v) is 3.62. The fraction of sp³-hybridized carbons (Fsp3) is 0.143. The molecule has 0 radical (unpaired) electrons. The molecule has 0 heterocycles. The maximum atomic E-state index is 13.3. The molecule has 0 spiro atoms. The maximum absolute atomic E-state index is 13.3. The molecule has 0 aliphatic heterocycles. The Morgan fingerprint density at radius 1 is 1.16 bits per heavy atom. The van der Waals surface area contributed by atoms with Crippen molar-refractivity contribution in [2.45, 2.75) is 13.0 Å². The molecule has 19 heavy (non-hydrogen) atoms. The molecular weight excluding hydrogens is 377 g/mol. The summed E-state index contributed by atoms with van der Waals surface area (Å²) >= 11 is 6.65. The van der Waals surface area contributed by atoms with Gasteiger partial charge >= 0.3 is 0 Å². The van der Waals surface area contributed by atoms with Gasteiger partial charge in [-0.1, -0.05) is 22.0 Å². The third-order valence-electron chi connectivity index (χ3n) is 2.55. The predicted molar refractivity (Wildman–Crippen MR) is 80.9 cm³/mol. The lowest BCUT2D eigenvalue weighted by Crippen LogP contribution is -2.04. The van der Waals surface area contributed by atoms with Crippen LogP contribution in [0.2, 0.25) is 0 Å². The summed E-state index contributed by atoms with van der Waals surface area (Å²) in [5, 5.41) is 0. The molecule has 2 nitrogen and oxygen atoms in total. The Labute approximate surface area is 128 Å². The predicted octanol–water partition coefficient (Wildman–Crippen LogP) is 5.16. The topological polar surface area (TPSA) is 35.2 Å². The minimum absolute atomic E-state index is 0.0475. The molecule has 2 N–H and O–H groups in total. The van der Waals surface area contributed by atoms with E-state index >= 15 is 0 Å². The van der Waals surface area contributed by atoms with Crippen LogP contribution in [0.3, 0.4) is 0 Å². The van der Waals surface area contributed by atoms with Crippen LogP contribution in [-0.2, 0) is 0 Å². The van der Waals surface area contributed by atoms with Crippen molar-refractivity contribution >= 4 is 31.9 Å². The van der Waals surface area contributed by atoms with Crippen molar-refractivity contribution < 1.29 is 9.13 Å². The monoisotopic (exact) mass is 387 g/mol. The molecule has 2 rings (SSSR count). The van der Waals surface area contributed by atoms with Crippen LogP contribution in [0.4, 0.5) is 4.39 Å². The molecule has 1 unspecified atom stereocenters. The van der Waals surface area contributed by atoms with Crippen LogP contribution in [0.15, 0.2) is 45.3 Å². The lowest BCUT2D eigenvalue weighted by atomic mass is 10.1. The minimum atomic E-state index is -0.354. The van der Waals surface area contributed by atoms with E-state index in [1.165, 1.54) is 12.1 Å². The molecule has 0 aliphatic rings. The van der Waals surface area contributed by atoms with Crippen LogP contribution in [0.1, 0.15) is 18.5 Å². The van der Waals surface area contributed by atoms with Gasteiger partial charge in [0.05, 0.1) is 4.47 Å². The van der Waals surface area contributed by atoms with Gasteiger partial charge in [-0.2, -0.15) is 0 Å². The van der Waals surface area contributed by atoms with E-state index in [0.717, 1.165) is 10.0 Å². The van der Waals surface area contributed by atoms with Crippen molar-refractivity contribution in [1.82, 2.24) is 0 Å². The Kier molecular flexibility index (Phi) is 4.60. The molecule has 0 saturated heterocycles. The van der Waals surface area contributed by atoms with Crippen LogP contribution in [0.5, 0.6) is 11.5 Å². The number of hydrogen-bond acceptors (Lipinski definition) is 2. The van der Waals surface area contributed by atoms with Gasteiger partial charge in [0.2, 0.25) is 0 Å². The molecule has 0 bridgehead atoms. The van der Waals surface area contributed by atoms with Crippen LogP contribution in [0.25, 0.3) is 0 Å². The largest absolute Gasteiger partial charge is 0.456 e. The van der Waals surface area contributed by atoms with E-state index in [1.54, 1.807) is 6.07 Å². The van der Waals surface area contributed by atoms with Crippen molar-refractivity contribution in [3.8, 4) is 11.5 Å². The molecule has 0 fully saturated rings. The number of nitrogens with two attached hydrogens (primary N) is 1. The highest BCUT2D eigenvalue weighted by molar-refractivity contribution is 9.10. The molecule has 0 amide bonds. The first kappa shape index (κ1) is 14.5. The first-order chi connectivity index (χ1) is 8.95. The Morgan fingerprint density at radius 2 is 1.89 bits per heavy atom. The van der Waals surface area contributed by atoms with E-state index < -0.39 is 0 Å². The van der Waals surface area contributed by atoms with Gasteiger partial charge < -0.3 is 10.5 Å². The summed E-state index contributed by atoms with van der Waals surface area (Å²) in [5.41, 5.74) is 6.81. The van der Waals surface area contributed by atoms with Crippen molar-refractivity contribution in [3.05, 3.63) is 56.7 Å². The van der Waals surface area contributed by atoms with Gasteiger partial charge in [-0.25, -0.2) is 4.39 Å². The summed E-state index contributed by atoms with van der Waals surface area (Å²) in [6, 6.07) is 9.95. The summed E-state index contributed by atoms with van der Waals surface area (Å²) < 4.78 is 20.3. The SMILES string of the molecule is CC(N)c1ccc(Oc2cc(F)cc(Br)c2)c(Br)c1. The molecule has 0 aliphatic carbocycles. The quantitative estimate of drug-likeness (QED) is 0.787. The fourth-order valence-electron chi connectivity index (χ4n) is 1.60. The molecule has 2 aromatic rings. The van der Waals surface area contributed by atoms with Gasteiger partial charge in [0, 0.05) is 16.6 Å². The normalized spacial score (nSPS) is 12.3. The Morgan fingerprint density at radius 3 is 2.47 bits per heavy atom. The second kappa shape index (κ2) is 6.03. The maximum Gasteiger partial charge on any atom is 0.141 e. The zero-order valence-corrected chi connectivity index (χ0v) is 13.3. The fourth-order valence-corrected chi connectivity index (χ4v) is 2.52. The van der Waals surface area contributed by atoms with E-state index in [-0.39, 0.29) is 11.9 Å². The number of halogens is 3. The van der Waals surface area contributed by atoms with Gasteiger partial charge in [0.1, 0.15) is 17.3 Å². The van der Waals surface area contributed by atoms with Crippen LogP contribution >= 0.6 is 31.9 Å². The highest BCUT2D eigenvalue weighted by Gasteiger charge is 2.08. The smallest absolute Gasteiger partial charge is 0.141 e. The zero-order valence-electron chi connectivity index (χ0n) is 10.2. The summed E-state index contributed by atoms with van der Waals surface area (Å²) in [6.07, 6.45) is 0. The van der Waals surface area contributed by atoms with E-state index in [0.29, 0.717) is 16.0 Å². The van der Waals surface area contributed by atoms with Gasteiger partial charge in [0.25, 0.3) is 0 Å². The second-order valence-electron chi connectivity index (χ2n) is 4.19. The Hall–Kier alpha value is -0.910. The lowest BCUT2D eigenvalue weighted by Gasteiger charge is -2.11. The zero-order chi connectivity index (χ0) is 14.0. The molecule has 5 heteroatoms. The molecule has 100 valence electrons. The molecular formula is C14H12Br2FNO. The second-order valence-corrected chi connectivity index (χ2v) is 5.96. The highest BCUT2D eigenvalue weighted by atomic mass is 79.9. The molecule has 0 saturated carbocycles. The van der Waals surface area contributed by atoms with Gasteiger partial charge in [-0.15, -0.1) is 0 Å². The number of hydrogen-bond donors (Lipinski definition) is 1. The molecule has 2 aromatic carbocycles. The number of benzene rings is 2. The van der Waals surface area contributed by atoms with E-state index in [1.807, 2.05) is 25.1 Å². The van der Waals surface area contributed by atoms with Gasteiger partial charge in [-0.3, -0.25) is 0 Å². The van der Waals surface area contributed by atoms with Crippen LogP contribution in [-0.4, -0.2) is 0 Å². The van der Waals surface area contributed by atoms with Gasteiger partial charge in [-0.05, 0) is 52.7 Å². The molecule has 1 atom stereocenters. The van der Waals surface area contributed by atoms with Crippen molar-refractivity contribution in [1.29, 1.82) is 0 Å². The van der Waals surface area contributed by atoms with Crippen molar-refractivity contribution in [2.75, 3.05) is 0 Å². The summed E-state index contributed by atoms with van der Waals surface area (Å²) in [5.74, 6) is 0.690.